The van der Waals surface area contributed by atoms with Crippen molar-refractivity contribution in [1.82, 2.24) is 4.90 Å². The molecule has 5 nitrogen and oxygen atoms in total. The summed E-state index contributed by atoms with van der Waals surface area (Å²) in [4.78, 5) is 6.13. The predicted octanol–water partition coefficient (Wildman–Crippen LogP) is 4.62. The van der Waals surface area contributed by atoms with Crippen LogP contribution in [-0.4, -0.2) is 56.4 Å². The van der Waals surface area contributed by atoms with E-state index in [4.69, 9.17) is 9.47 Å². The summed E-state index contributed by atoms with van der Waals surface area (Å²) in [6, 6.07) is 11.9. The Morgan fingerprint density at radius 1 is 1.16 bits per heavy atom. The standard InChI is InChI=1S/C23H29F3N2O3/c1-5-28(3)16-27-20-14-21(30-4)19(13-17(20)2)22(29,23(24,25)26)15-31-12-11-18-9-7-6-8-10-18/h6-10,13-14,16,29H,5,11-12,15H2,1-4H3. The number of alkyl halides is 3. The molecule has 0 saturated carbocycles. The van der Waals surface area contributed by atoms with E-state index in [9.17, 15) is 18.3 Å². The first-order chi connectivity index (χ1) is 14.6. The zero-order valence-corrected chi connectivity index (χ0v) is 18.2. The smallest absolute Gasteiger partial charge is 0.423 e. The van der Waals surface area contributed by atoms with Gasteiger partial charge in [0, 0.05) is 25.2 Å². The third-order valence-electron chi connectivity index (χ3n) is 5.01. The molecule has 2 aromatic rings. The molecule has 0 amide bonds. The van der Waals surface area contributed by atoms with Crippen molar-refractivity contribution in [3.05, 3.63) is 59.2 Å². The summed E-state index contributed by atoms with van der Waals surface area (Å²) in [5, 5.41) is 10.7. The van der Waals surface area contributed by atoms with E-state index < -0.39 is 23.9 Å². The quantitative estimate of drug-likeness (QED) is 0.334. The number of rotatable bonds is 10. The number of benzene rings is 2. The lowest BCUT2D eigenvalue weighted by atomic mass is 9.91. The van der Waals surface area contributed by atoms with Gasteiger partial charge in [0.05, 0.1) is 32.3 Å². The van der Waals surface area contributed by atoms with E-state index >= 15 is 0 Å². The second kappa shape index (κ2) is 10.6. The molecule has 0 heterocycles. The van der Waals surface area contributed by atoms with Gasteiger partial charge in [0.15, 0.2) is 0 Å². The zero-order chi connectivity index (χ0) is 23.1. The highest BCUT2D eigenvalue weighted by Gasteiger charge is 2.56. The van der Waals surface area contributed by atoms with Crippen molar-refractivity contribution in [3.63, 3.8) is 0 Å². The lowest BCUT2D eigenvalue weighted by molar-refractivity contribution is -0.282. The maximum atomic E-state index is 14.0. The van der Waals surface area contributed by atoms with Crippen molar-refractivity contribution in [1.29, 1.82) is 0 Å². The van der Waals surface area contributed by atoms with E-state index in [0.717, 1.165) is 12.1 Å². The largest absolute Gasteiger partial charge is 0.496 e. The molecule has 2 aromatic carbocycles. The Labute approximate surface area is 181 Å². The molecule has 0 aromatic heterocycles. The minimum atomic E-state index is -4.97. The van der Waals surface area contributed by atoms with E-state index in [1.54, 1.807) is 13.3 Å². The average Bonchev–Trinajstić information content (AvgIpc) is 2.75. The molecule has 1 atom stereocenters. The number of hydrogen-bond donors (Lipinski definition) is 1. The van der Waals surface area contributed by atoms with E-state index in [1.165, 1.54) is 19.2 Å². The summed E-state index contributed by atoms with van der Waals surface area (Å²) in [6.45, 7) is 3.40. The van der Waals surface area contributed by atoms with Crippen LogP contribution in [0, 0.1) is 6.92 Å². The molecule has 170 valence electrons. The van der Waals surface area contributed by atoms with Gasteiger partial charge in [-0.1, -0.05) is 30.3 Å². The lowest BCUT2D eigenvalue weighted by Gasteiger charge is -2.32. The number of aryl methyl sites for hydroxylation is 1. The minimum absolute atomic E-state index is 0.0371. The van der Waals surface area contributed by atoms with Crippen LogP contribution in [0.1, 0.15) is 23.6 Å². The molecule has 0 aliphatic carbocycles. The molecule has 0 spiro atoms. The van der Waals surface area contributed by atoms with Crippen molar-refractivity contribution in [2.24, 2.45) is 4.99 Å². The maximum Gasteiger partial charge on any atom is 0.423 e. The van der Waals surface area contributed by atoms with Crippen molar-refractivity contribution >= 4 is 12.0 Å². The Hall–Kier alpha value is -2.58. The van der Waals surface area contributed by atoms with Crippen molar-refractivity contribution in [2.75, 3.05) is 33.9 Å². The summed E-state index contributed by atoms with van der Waals surface area (Å²) >= 11 is 0. The van der Waals surface area contributed by atoms with Gasteiger partial charge < -0.3 is 19.5 Å². The summed E-state index contributed by atoms with van der Waals surface area (Å²) < 4.78 is 52.4. The first kappa shape index (κ1) is 24.7. The number of hydrogen-bond acceptors (Lipinski definition) is 4. The van der Waals surface area contributed by atoms with Crippen LogP contribution in [0.3, 0.4) is 0 Å². The maximum absolute atomic E-state index is 14.0. The highest BCUT2D eigenvalue weighted by molar-refractivity contribution is 5.65. The van der Waals surface area contributed by atoms with Gasteiger partial charge in [-0.25, -0.2) is 4.99 Å². The number of nitrogens with zero attached hydrogens (tertiary/aromatic N) is 2. The molecular formula is C23H29F3N2O3. The van der Waals surface area contributed by atoms with Crippen molar-refractivity contribution in [2.45, 2.75) is 32.0 Å². The fourth-order valence-electron chi connectivity index (χ4n) is 2.92. The Kier molecular flexibility index (Phi) is 8.47. The van der Waals surface area contributed by atoms with Gasteiger partial charge in [-0.3, -0.25) is 0 Å². The molecule has 31 heavy (non-hydrogen) atoms. The summed E-state index contributed by atoms with van der Waals surface area (Å²) in [5.74, 6) is -0.108. The van der Waals surface area contributed by atoms with Gasteiger partial charge in [-0.05, 0) is 37.5 Å². The summed E-state index contributed by atoms with van der Waals surface area (Å²) in [5.41, 5.74) is -1.76. The molecule has 0 bridgehead atoms. The number of ether oxygens (including phenoxy) is 2. The van der Waals surface area contributed by atoms with Crippen LogP contribution in [0.4, 0.5) is 18.9 Å². The van der Waals surface area contributed by atoms with Crippen LogP contribution >= 0.6 is 0 Å². The molecule has 0 saturated heterocycles. The number of aliphatic hydroxyl groups is 1. The third kappa shape index (κ3) is 6.21. The minimum Gasteiger partial charge on any atom is -0.496 e. The normalized spacial score (nSPS) is 13.9. The monoisotopic (exact) mass is 438 g/mol. The number of halogens is 3. The highest BCUT2D eigenvalue weighted by Crippen LogP contribution is 2.45. The van der Waals surface area contributed by atoms with E-state index in [1.807, 2.05) is 49.2 Å². The van der Waals surface area contributed by atoms with Crippen LogP contribution in [0.2, 0.25) is 0 Å². The van der Waals surface area contributed by atoms with Crippen LogP contribution in [0.25, 0.3) is 0 Å². The molecule has 1 unspecified atom stereocenters. The molecule has 0 aliphatic rings. The highest BCUT2D eigenvalue weighted by atomic mass is 19.4. The lowest BCUT2D eigenvalue weighted by Crippen LogP contribution is -2.46. The van der Waals surface area contributed by atoms with Crippen LogP contribution in [0.5, 0.6) is 5.75 Å². The fourth-order valence-corrected chi connectivity index (χ4v) is 2.92. The van der Waals surface area contributed by atoms with Crippen molar-refractivity contribution in [3.8, 4) is 5.75 Å². The molecule has 0 fully saturated rings. The topological polar surface area (TPSA) is 54.3 Å². The SMILES string of the molecule is CCN(C)C=Nc1cc(OC)c(C(O)(COCCc2ccccc2)C(F)(F)F)cc1C. The Bertz CT molecular complexity index is 872. The average molecular weight is 438 g/mol. The van der Waals surface area contributed by atoms with Crippen LogP contribution in [-0.2, 0) is 16.8 Å². The Balaban J connectivity index is 2.29. The third-order valence-corrected chi connectivity index (χ3v) is 5.01. The Morgan fingerprint density at radius 2 is 1.84 bits per heavy atom. The van der Waals surface area contributed by atoms with E-state index in [0.29, 0.717) is 17.7 Å². The van der Waals surface area contributed by atoms with E-state index in [2.05, 4.69) is 4.99 Å². The van der Waals surface area contributed by atoms with Gasteiger partial charge in [0.2, 0.25) is 5.60 Å². The first-order valence-electron chi connectivity index (χ1n) is 9.96. The van der Waals surface area contributed by atoms with Gasteiger partial charge in [-0.2, -0.15) is 13.2 Å². The second-order valence-corrected chi connectivity index (χ2v) is 7.30. The van der Waals surface area contributed by atoms with Gasteiger partial charge >= 0.3 is 6.18 Å². The van der Waals surface area contributed by atoms with Gasteiger partial charge in [0.1, 0.15) is 5.75 Å². The van der Waals surface area contributed by atoms with Crippen molar-refractivity contribution < 1.29 is 27.8 Å². The zero-order valence-electron chi connectivity index (χ0n) is 18.2. The fraction of sp³-hybridized carbons (Fsp3) is 0.435. The molecule has 0 aliphatic heterocycles. The van der Waals surface area contributed by atoms with Gasteiger partial charge in [-0.15, -0.1) is 0 Å². The van der Waals surface area contributed by atoms with Crippen LogP contribution in [0.15, 0.2) is 47.5 Å². The second-order valence-electron chi connectivity index (χ2n) is 7.30. The molecular weight excluding hydrogens is 409 g/mol. The predicted molar refractivity (Wildman–Crippen MR) is 115 cm³/mol. The summed E-state index contributed by atoms with van der Waals surface area (Å²) in [6.07, 6.45) is -2.94. The summed E-state index contributed by atoms with van der Waals surface area (Å²) in [7, 11) is 3.09. The van der Waals surface area contributed by atoms with Crippen LogP contribution < -0.4 is 4.74 Å². The number of aliphatic imine (C=N–C) groups is 1. The molecule has 2 rings (SSSR count). The van der Waals surface area contributed by atoms with Gasteiger partial charge in [0.25, 0.3) is 0 Å². The molecule has 1 N–H and O–H groups in total. The Morgan fingerprint density at radius 3 is 2.42 bits per heavy atom. The molecule has 8 heteroatoms. The molecule has 0 radical (unpaired) electrons. The van der Waals surface area contributed by atoms with E-state index in [-0.39, 0.29) is 12.4 Å². The first-order valence-corrected chi connectivity index (χ1v) is 9.96. The number of methoxy groups -OCH3 is 1.